The smallest absolute Gasteiger partial charge is 0.304 e. The summed E-state index contributed by atoms with van der Waals surface area (Å²) in [4.78, 5) is 13.2. The van der Waals surface area contributed by atoms with Gasteiger partial charge in [0.15, 0.2) is 0 Å². The maximum Gasteiger partial charge on any atom is 0.304 e. The lowest BCUT2D eigenvalue weighted by atomic mass is 9.87. The van der Waals surface area contributed by atoms with Gasteiger partial charge in [0.25, 0.3) is 0 Å². The van der Waals surface area contributed by atoms with Gasteiger partial charge in [-0.2, -0.15) is 0 Å². The first kappa shape index (κ1) is 14.8. The summed E-state index contributed by atoms with van der Waals surface area (Å²) < 4.78 is 6.07. The van der Waals surface area contributed by atoms with Crippen molar-refractivity contribution >= 4 is 5.97 Å². The van der Waals surface area contributed by atoms with Crippen molar-refractivity contribution in [3.05, 3.63) is 0 Å². The molecule has 4 nitrogen and oxygen atoms in total. The van der Waals surface area contributed by atoms with Crippen molar-refractivity contribution in [3.8, 4) is 0 Å². The number of ether oxygens (including phenoxy) is 1. The van der Waals surface area contributed by atoms with Gasteiger partial charge in [-0.1, -0.05) is 12.8 Å². The average molecular weight is 269 g/mol. The van der Waals surface area contributed by atoms with Crippen LogP contribution in [0.3, 0.4) is 0 Å². The lowest BCUT2D eigenvalue weighted by Gasteiger charge is -2.44. The van der Waals surface area contributed by atoms with Crippen molar-refractivity contribution in [2.24, 2.45) is 0 Å². The standard InChI is InChI=1S/C15H27NO3/c1-12(2)16(9-5-14(17)18)13-6-10-19-15(11-13)7-3-4-8-15/h12-13H,3-11H2,1-2H3,(H,17,18). The van der Waals surface area contributed by atoms with Crippen LogP contribution in [0.1, 0.15) is 58.8 Å². The number of carboxylic acids is 1. The first-order valence-electron chi connectivity index (χ1n) is 7.64. The van der Waals surface area contributed by atoms with Gasteiger partial charge in [0.2, 0.25) is 0 Å². The zero-order chi connectivity index (χ0) is 13.9. The molecule has 2 fully saturated rings. The Hall–Kier alpha value is -0.610. The van der Waals surface area contributed by atoms with Crippen LogP contribution in [0.5, 0.6) is 0 Å². The fraction of sp³-hybridized carbons (Fsp3) is 0.933. The third-order valence-electron chi connectivity index (χ3n) is 4.70. The minimum absolute atomic E-state index is 0.110. The Bertz CT molecular complexity index is 311. The highest BCUT2D eigenvalue weighted by molar-refractivity contribution is 5.66. The topological polar surface area (TPSA) is 49.8 Å². The van der Waals surface area contributed by atoms with Crippen molar-refractivity contribution in [3.63, 3.8) is 0 Å². The lowest BCUT2D eigenvalue weighted by molar-refractivity contribution is -0.138. The molecule has 1 spiro atoms. The minimum Gasteiger partial charge on any atom is -0.481 e. The third-order valence-corrected chi connectivity index (χ3v) is 4.70. The molecule has 1 aliphatic carbocycles. The fourth-order valence-corrected chi connectivity index (χ4v) is 3.74. The van der Waals surface area contributed by atoms with E-state index in [0.29, 0.717) is 18.6 Å². The number of hydrogen-bond donors (Lipinski definition) is 1. The number of carbonyl (C=O) groups is 1. The maximum atomic E-state index is 10.8. The molecule has 1 unspecified atom stereocenters. The van der Waals surface area contributed by atoms with E-state index in [1.54, 1.807) is 0 Å². The SMILES string of the molecule is CC(C)N(CCC(=O)O)C1CCOC2(CCCC2)C1. The van der Waals surface area contributed by atoms with Gasteiger partial charge >= 0.3 is 5.97 Å². The number of carboxylic acid groups (broad SMARTS) is 1. The summed E-state index contributed by atoms with van der Waals surface area (Å²) in [5.74, 6) is -0.701. The monoisotopic (exact) mass is 269 g/mol. The second-order valence-electron chi connectivity index (χ2n) is 6.36. The van der Waals surface area contributed by atoms with Crippen LogP contribution < -0.4 is 0 Å². The molecule has 0 aromatic carbocycles. The predicted octanol–water partition coefficient (Wildman–Crippen LogP) is 2.66. The van der Waals surface area contributed by atoms with Crippen molar-refractivity contribution in [1.82, 2.24) is 4.90 Å². The second-order valence-corrected chi connectivity index (χ2v) is 6.36. The van der Waals surface area contributed by atoms with E-state index in [4.69, 9.17) is 9.84 Å². The van der Waals surface area contributed by atoms with E-state index >= 15 is 0 Å². The summed E-state index contributed by atoms with van der Waals surface area (Å²) in [7, 11) is 0. The van der Waals surface area contributed by atoms with E-state index in [1.807, 2.05) is 0 Å². The lowest BCUT2D eigenvalue weighted by Crippen LogP contribution is -2.50. The molecule has 2 rings (SSSR count). The van der Waals surface area contributed by atoms with Crippen LogP contribution >= 0.6 is 0 Å². The molecule has 1 aliphatic heterocycles. The van der Waals surface area contributed by atoms with Crippen LogP contribution in [0.25, 0.3) is 0 Å². The molecule has 0 amide bonds. The van der Waals surface area contributed by atoms with Gasteiger partial charge in [-0.25, -0.2) is 0 Å². The van der Waals surface area contributed by atoms with Crippen LogP contribution in [0.4, 0.5) is 0 Å². The van der Waals surface area contributed by atoms with Crippen molar-refractivity contribution in [2.45, 2.75) is 76.5 Å². The van der Waals surface area contributed by atoms with Gasteiger partial charge in [-0.05, 0) is 39.5 Å². The van der Waals surface area contributed by atoms with Crippen LogP contribution in [-0.2, 0) is 9.53 Å². The Kier molecular flexibility index (Phi) is 4.85. The Labute approximate surface area is 116 Å². The summed E-state index contributed by atoms with van der Waals surface area (Å²) in [5, 5.41) is 8.90. The molecule has 0 bridgehead atoms. The van der Waals surface area contributed by atoms with E-state index in [2.05, 4.69) is 18.7 Å². The predicted molar refractivity (Wildman–Crippen MR) is 74.3 cm³/mol. The number of nitrogens with zero attached hydrogens (tertiary/aromatic N) is 1. The molecule has 1 saturated carbocycles. The minimum atomic E-state index is -0.701. The summed E-state index contributed by atoms with van der Waals surface area (Å²) in [5.41, 5.74) is 0.110. The highest BCUT2D eigenvalue weighted by Crippen LogP contribution is 2.41. The molecule has 1 saturated heterocycles. The molecule has 2 aliphatic rings. The molecule has 1 atom stereocenters. The molecule has 4 heteroatoms. The largest absolute Gasteiger partial charge is 0.481 e. The van der Waals surface area contributed by atoms with Crippen LogP contribution in [0.2, 0.25) is 0 Å². The third kappa shape index (κ3) is 3.69. The van der Waals surface area contributed by atoms with E-state index in [9.17, 15) is 4.79 Å². The quantitative estimate of drug-likeness (QED) is 0.833. The molecular formula is C15H27NO3. The van der Waals surface area contributed by atoms with Gasteiger partial charge in [-0.3, -0.25) is 9.69 Å². The second kappa shape index (κ2) is 6.23. The zero-order valence-corrected chi connectivity index (χ0v) is 12.2. The maximum absolute atomic E-state index is 10.8. The van der Waals surface area contributed by atoms with Gasteiger partial charge in [0.05, 0.1) is 12.0 Å². The van der Waals surface area contributed by atoms with Gasteiger partial charge in [0.1, 0.15) is 0 Å². The first-order valence-corrected chi connectivity index (χ1v) is 7.64. The Balaban J connectivity index is 1.98. The highest BCUT2D eigenvalue weighted by atomic mass is 16.5. The molecule has 110 valence electrons. The molecule has 1 heterocycles. The van der Waals surface area contributed by atoms with E-state index in [-0.39, 0.29) is 12.0 Å². The summed E-state index contributed by atoms with van der Waals surface area (Å²) in [6.45, 7) is 5.83. The molecule has 1 N–H and O–H groups in total. The Morgan fingerprint density at radius 2 is 2.11 bits per heavy atom. The molecule has 0 aromatic heterocycles. The number of rotatable bonds is 5. The number of hydrogen-bond acceptors (Lipinski definition) is 3. The van der Waals surface area contributed by atoms with Crippen LogP contribution in [0.15, 0.2) is 0 Å². The average Bonchev–Trinajstić information content (AvgIpc) is 2.77. The molecular weight excluding hydrogens is 242 g/mol. The summed E-state index contributed by atoms with van der Waals surface area (Å²) in [6, 6.07) is 0.895. The van der Waals surface area contributed by atoms with E-state index in [0.717, 1.165) is 19.4 Å². The Morgan fingerprint density at radius 1 is 1.42 bits per heavy atom. The molecule has 0 aromatic rings. The zero-order valence-electron chi connectivity index (χ0n) is 12.2. The fourth-order valence-electron chi connectivity index (χ4n) is 3.74. The van der Waals surface area contributed by atoms with Crippen molar-refractivity contribution < 1.29 is 14.6 Å². The number of aliphatic carboxylic acids is 1. The highest BCUT2D eigenvalue weighted by Gasteiger charge is 2.41. The van der Waals surface area contributed by atoms with Crippen molar-refractivity contribution in [1.29, 1.82) is 0 Å². The van der Waals surface area contributed by atoms with Crippen molar-refractivity contribution in [2.75, 3.05) is 13.2 Å². The Morgan fingerprint density at radius 3 is 2.68 bits per heavy atom. The van der Waals surface area contributed by atoms with E-state index < -0.39 is 5.97 Å². The first-order chi connectivity index (χ1) is 9.02. The van der Waals surface area contributed by atoms with Crippen LogP contribution in [0, 0.1) is 0 Å². The van der Waals surface area contributed by atoms with Crippen LogP contribution in [-0.4, -0.2) is 46.8 Å². The summed E-state index contributed by atoms with van der Waals surface area (Å²) >= 11 is 0. The van der Waals surface area contributed by atoms with E-state index in [1.165, 1.54) is 25.7 Å². The van der Waals surface area contributed by atoms with Gasteiger partial charge in [0, 0.05) is 25.2 Å². The molecule has 19 heavy (non-hydrogen) atoms. The van der Waals surface area contributed by atoms with Gasteiger partial charge in [-0.15, -0.1) is 0 Å². The van der Waals surface area contributed by atoms with Gasteiger partial charge < -0.3 is 9.84 Å². The molecule has 0 radical (unpaired) electrons. The normalized spacial score (nSPS) is 26.4. The summed E-state index contributed by atoms with van der Waals surface area (Å²) in [6.07, 6.45) is 7.31.